The van der Waals surface area contributed by atoms with Crippen LogP contribution >= 0.6 is 0 Å². The van der Waals surface area contributed by atoms with Gasteiger partial charge in [-0.05, 0) is 105 Å². The Hall–Kier alpha value is -3.26. The second kappa shape index (κ2) is 15.1. The molecule has 3 aromatic rings. The van der Waals surface area contributed by atoms with E-state index in [1.54, 1.807) is 0 Å². The Morgan fingerprint density at radius 3 is 1.98 bits per heavy atom. The molecule has 5 atom stereocenters. The van der Waals surface area contributed by atoms with Gasteiger partial charge >= 0.3 is 0 Å². The summed E-state index contributed by atoms with van der Waals surface area (Å²) in [5.74, 6) is 3.72. The Bertz CT molecular complexity index is 1380. The molecule has 0 saturated carbocycles. The van der Waals surface area contributed by atoms with Crippen LogP contribution in [0.4, 0.5) is 0 Å². The molecule has 4 heterocycles. The second-order valence-corrected chi connectivity index (χ2v) is 13.3. The fourth-order valence-electron chi connectivity index (χ4n) is 7.38. The van der Waals surface area contributed by atoms with E-state index in [-0.39, 0.29) is 30.5 Å². The van der Waals surface area contributed by atoms with Gasteiger partial charge in [-0.15, -0.1) is 0 Å². The molecule has 46 heavy (non-hydrogen) atoms. The lowest BCUT2D eigenvalue weighted by Crippen LogP contribution is -2.33. The van der Waals surface area contributed by atoms with Gasteiger partial charge in [0.1, 0.15) is 35.7 Å². The minimum absolute atomic E-state index is 0.104. The maximum atomic E-state index is 6.92. The van der Waals surface area contributed by atoms with Crippen LogP contribution in [-0.2, 0) is 9.47 Å². The van der Waals surface area contributed by atoms with E-state index in [4.69, 9.17) is 28.4 Å². The van der Waals surface area contributed by atoms with E-state index in [1.165, 1.54) is 43.5 Å². The van der Waals surface area contributed by atoms with Crippen LogP contribution < -0.4 is 18.9 Å². The molecule has 0 bridgehead atoms. The molecule has 4 aliphatic rings. The first-order chi connectivity index (χ1) is 22.7. The van der Waals surface area contributed by atoms with Crippen LogP contribution in [0.3, 0.4) is 0 Å². The van der Waals surface area contributed by atoms with Crippen LogP contribution in [0.15, 0.2) is 66.7 Å². The van der Waals surface area contributed by atoms with Crippen molar-refractivity contribution in [1.82, 2.24) is 4.90 Å². The van der Waals surface area contributed by atoms with E-state index in [1.807, 2.05) is 6.07 Å². The van der Waals surface area contributed by atoms with Gasteiger partial charge in [-0.1, -0.05) is 43.7 Å². The summed E-state index contributed by atoms with van der Waals surface area (Å²) in [6.07, 6.45) is 9.73. The average Bonchev–Trinajstić information content (AvgIpc) is 3.10. The van der Waals surface area contributed by atoms with Gasteiger partial charge in [0, 0.05) is 31.4 Å². The highest BCUT2D eigenvalue weighted by atomic mass is 16.7. The summed E-state index contributed by atoms with van der Waals surface area (Å²) in [5, 5.41) is 0. The standard InChI is InChI=1S/C39H49NO6/c1-28-34-20-19-33(45-37-10-4-8-25-43-37)27-35(34)46-39(30-13-15-31(16-14-30)41-26-23-40-21-5-2-6-22-40)38(28)29-11-17-32(18-12-29)44-36-9-3-7-24-42-36/h11-20,27-28,36-39H,2-10,21-26H2,1H3. The van der Waals surface area contributed by atoms with Crippen molar-refractivity contribution in [2.45, 2.75) is 95.2 Å². The minimum Gasteiger partial charge on any atom is -0.492 e. The van der Waals surface area contributed by atoms with E-state index < -0.39 is 0 Å². The minimum atomic E-state index is -0.196. The van der Waals surface area contributed by atoms with E-state index in [0.717, 1.165) is 86.8 Å². The summed E-state index contributed by atoms with van der Waals surface area (Å²) in [6.45, 7) is 7.88. The van der Waals surface area contributed by atoms with Gasteiger partial charge in [-0.25, -0.2) is 0 Å². The maximum Gasteiger partial charge on any atom is 0.199 e. The van der Waals surface area contributed by atoms with Crippen molar-refractivity contribution in [2.24, 2.45) is 0 Å². The lowest BCUT2D eigenvalue weighted by molar-refractivity contribution is -0.106. The number of likely N-dealkylation sites (tertiary alicyclic amines) is 1. The molecule has 246 valence electrons. The van der Waals surface area contributed by atoms with Gasteiger partial charge in [0.15, 0.2) is 12.6 Å². The molecule has 0 amide bonds. The zero-order valence-electron chi connectivity index (χ0n) is 27.2. The predicted molar refractivity (Wildman–Crippen MR) is 178 cm³/mol. The van der Waals surface area contributed by atoms with Crippen molar-refractivity contribution >= 4 is 0 Å². The van der Waals surface area contributed by atoms with Crippen LogP contribution in [0.25, 0.3) is 0 Å². The highest BCUT2D eigenvalue weighted by Gasteiger charge is 2.38. The zero-order chi connectivity index (χ0) is 31.1. The van der Waals surface area contributed by atoms with Crippen LogP contribution in [-0.4, -0.2) is 56.9 Å². The Morgan fingerprint density at radius 1 is 0.674 bits per heavy atom. The number of fused-ring (bicyclic) bond motifs is 1. The lowest BCUT2D eigenvalue weighted by atomic mass is 9.75. The van der Waals surface area contributed by atoms with Crippen molar-refractivity contribution in [3.8, 4) is 23.0 Å². The third-order valence-corrected chi connectivity index (χ3v) is 10.0. The van der Waals surface area contributed by atoms with Gasteiger partial charge in [-0.2, -0.15) is 0 Å². The summed E-state index contributed by atoms with van der Waals surface area (Å²) in [7, 11) is 0. The molecule has 4 aliphatic heterocycles. The van der Waals surface area contributed by atoms with Crippen molar-refractivity contribution in [2.75, 3.05) is 39.5 Å². The Kier molecular flexibility index (Phi) is 10.3. The summed E-state index contributed by atoms with van der Waals surface area (Å²) in [6, 6.07) is 23.3. The highest BCUT2D eigenvalue weighted by molar-refractivity contribution is 5.48. The van der Waals surface area contributed by atoms with Gasteiger partial charge in [0.05, 0.1) is 13.2 Å². The fourth-order valence-corrected chi connectivity index (χ4v) is 7.38. The molecule has 7 rings (SSSR count). The molecule has 0 N–H and O–H groups in total. The summed E-state index contributed by atoms with van der Waals surface area (Å²) < 4.78 is 37.1. The average molecular weight is 628 g/mol. The first-order valence-corrected chi connectivity index (χ1v) is 17.6. The van der Waals surface area contributed by atoms with Gasteiger partial charge < -0.3 is 28.4 Å². The van der Waals surface area contributed by atoms with E-state index in [9.17, 15) is 0 Å². The second-order valence-electron chi connectivity index (χ2n) is 13.3. The smallest absolute Gasteiger partial charge is 0.199 e. The quantitative estimate of drug-likeness (QED) is 0.224. The predicted octanol–water partition coefficient (Wildman–Crippen LogP) is 8.38. The van der Waals surface area contributed by atoms with Crippen molar-refractivity contribution in [3.63, 3.8) is 0 Å². The lowest BCUT2D eigenvalue weighted by Gasteiger charge is -2.39. The Labute approximate surface area is 274 Å². The Balaban J connectivity index is 1.11. The first-order valence-electron chi connectivity index (χ1n) is 17.6. The maximum absolute atomic E-state index is 6.92. The van der Waals surface area contributed by atoms with Gasteiger partial charge in [0.2, 0.25) is 0 Å². The molecule has 0 aromatic heterocycles. The SMILES string of the molecule is CC1c2ccc(OC3CCCCO3)cc2OC(c2ccc(OCCN3CCCCC3)cc2)C1c1ccc(OC2CCCCO2)cc1. The molecule has 3 fully saturated rings. The van der Waals surface area contributed by atoms with Crippen molar-refractivity contribution in [1.29, 1.82) is 0 Å². The van der Waals surface area contributed by atoms with Crippen molar-refractivity contribution in [3.05, 3.63) is 83.4 Å². The molecule has 0 spiro atoms. The number of ether oxygens (including phenoxy) is 6. The van der Waals surface area contributed by atoms with E-state index in [0.29, 0.717) is 6.61 Å². The topological polar surface area (TPSA) is 58.6 Å². The normalized spacial score (nSPS) is 26.8. The first kappa shape index (κ1) is 31.3. The number of hydrogen-bond donors (Lipinski definition) is 0. The molecule has 0 aliphatic carbocycles. The molecular formula is C39H49NO6. The molecule has 7 heteroatoms. The summed E-state index contributed by atoms with van der Waals surface area (Å²) >= 11 is 0. The van der Waals surface area contributed by atoms with Gasteiger partial charge in [-0.3, -0.25) is 4.90 Å². The van der Waals surface area contributed by atoms with Gasteiger partial charge in [0.25, 0.3) is 0 Å². The Morgan fingerprint density at radius 2 is 1.30 bits per heavy atom. The van der Waals surface area contributed by atoms with Crippen LogP contribution in [0.1, 0.15) is 99.3 Å². The zero-order valence-corrected chi connectivity index (χ0v) is 27.2. The van der Waals surface area contributed by atoms with Crippen LogP contribution in [0.2, 0.25) is 0 Å². The van der Waals surface area contributed by atoms with Crippen LogP contribution in [0.5, 0.6) is 23.0 Å². The van der Waals surface area contributed by atoms with E-state index >= 15 is 0 Å². The molecule has 7 nitrogen and oxygen atoms in total. The monoisotopic (exact) mass is 627 g/mol. The number of hydrogen-bond acceptors (Lipinski definition) is 7. The molecule has 3 saturated heterocycles. The fraction of sp³-hybridized carbons (Fsp3) is 0.538. The number of nitrogens with zero attached hydrogens (tertiary/aromatic N) is 1. The highest BCUT2D eigenvalue weighted by Crippen LogP contribution is 2.52. The number of rotatable bonds is 10. The number of piperidine rings is 1. The number of benzene rings is 3. The van der Waals surface area contributed by atoms with Crippen molar-refractivity contribution < 1.29 is 28.4 Å². The van der Waals surface area contributed by atoms with Crippen LogP contribution in [0, 0.1) is 0 Å². The largest absolute Gasteiger partial charge is 0.492 e. The summed E-state index contributed by atoms with van der Waals surface area (Å²) in [5.41, 5.74) is 3.54. The molecule has 5 unspecified atom stereocenters. The molecule has 3 aromatic carbocycles. The van der Waals surface area contributed by atoms with E-state index in [2.05, 4.69) is 72.5 Å². The summed E-state index contributed by atoms with van der Waals surface area (Å²) in [4.78, 5) is 2.51. The third-order valence-electron chi connectivity index (χ3n) is 10.0. The third kappa shape index (κ3) is 7.64. The molecular weight excluding hydrogens is 578 g/mol. The molecule has 0 radical (unpaired) electrons.